The number of ether oxygens (including phenoxy) is 1. The molecule has 8 nitrogen and oxygen atoms in total. The first-order chi connectivity index (χ1) is 16.1. The van der Waals surface area contributed by atoms with Crippen molar-refractivity contribution in [3.8, 4) is 11.3 Å². The lowest BCUT2D eigenvalue weighted by Gasteiger charge is -2.30. The number of ketones is 1. The Balaban J connectivity index is 1.54. The quantitative estimate of drug-likeness (QED) is 0.365. The number of carbonyl (C=O) groups excluding carboxylic acids is 1. The maximum absolute atomic E-state index is 12.7. The molecule has 0 aliphatic carbocycles. The molecule has 1 aliphatic heterocycles. The summed E-state index contributed by atoms with van der Waals surface area (Å²) in [6, 6.07) is 17.2. The summed E-state index contributed by atoms with van der Waals surface area (Å²) < 4.78 is 11.0. The molecular formula is C25H22N4O4. The van der Waals surface area contributed by atoms with Gasteiger partial charge in [0.1, 0.15) is 23.3 Å². The molecule has 2 aromatic heterocycles. The van der Waals surface area contributed by atoms with E-state index >= 15 is 0 Å². The van der Waals surface area contributed by atoms with Crippen molar-refractivity contribution in [2.75, 3.05) is 36.5 Å². The van der Waals surface area contributed by atoms with Gasteiger partial charge in [0.25, 0.3) is 0 Å². The zero-order chi connectivity index (χ0) is 22.8. The van der Waals surface area contributed by atoms with Gasteiger partial charge in [0.2, 0.25) is 0 Å². The SMILES string of the molecule is CC(=O)c1c(N2CCOCC2)c2ccc(Nc3cc(-c4ccccc4)ncn3)cc2oc1=O. The number of Topliss-reactive ketones (excluding diaryl/α,β-unsaturated/α-hetero) is 1. The second-order valence-electron chi connectivity index (χ2n) is 7.76. The Morgan fingerprint density at radius 1 is 1.03 bits per heavy atom. The van der Waals surface area contributed by atoms with Crippen molar-refractivity contribution in [1.29, 1.82) is 0 Å². The van der Waals surface area contributed by atoms with Gasteiger partial charge >= 0.3 is 5.63 Å². The van der Waals surface area contributed by atoms with E-state index in [2.05, 4.69) is 15.3 Å². The van der Waals surface area contributed by atoms with Gasteiger partial charge in [-0.25, -0.2) is 14.8 Å². The van der Waals surface area contributed by atoms with E-state index in [1.165, 1.54) is 13.3 Å². The number of morpholine rings is 1. The molecular weight excluding hydrogens is 420 g/mol. The predicted octanol–water partition coefficient (Wildman–Crippen LogP) is 4.03. The lowest BCUT2D eigenvalue weighted by Crippen LogP contribution is -2.38. The summed E-state index contributed by atoms with van der Waals surface area (Å²) in [6.45, 7) is 3.66. The average Bonchev–Trinajstić information content (AvgIpc) is 2.84. The minimum absolute atomic E-state index is 0.0772. The molecule has 0 atom stereocenters. The molecule has 1 fully saturated rings. The molecule has 0 saturated carbocycles. The zero-order valence-corrected chi connectivity index (χ0v) is 18.1. The molecule has 8 heteroatoms. The summed E-state index contributed by atoms with van der Waals surface area (Å²) in [6.07, 6.45) is 1.50. The topological polar surface area (TPSA) is 97.6 Å². The van der Waals surface area contributed by atoms with Crippen LogP contribution < -0.4 is 15.8 Å². The fourth-order valence-electron chi connectivity index (χ4n) is 4.03. The van der Waals surface area contributed by atoms with E-state index in [0.717, 1.165) is 11.3 Å². The third-order valence-electron chi connectivity index (χ3n) is 5.57. The van der Waals surface area contributed by atoms with Gasteiger partial charge in [0.15, 0.2) is 5.78 Å². The Labute approximate surface area is 189 Å². The first-order valence-electron chi connectivity index (χ1n) is 10.7. The Hall–Kier alpha value is -4.04. The molecule has 166 valence electrons. The van der Waals surface area contributed by atoms with E-state index in [-0.39, 0.29) is 11.3 Å². The number of hydrogen-bond donors (Lipinski definition) is 1. The maximum Gasteiger partial charge on any atom is 0.349 e. The molecule has 1 saturated heterocycles. The normalized spacial score (nSPS) is 13.8. The van der Waals surface area contributed by atoms with Gasteiger partial charge in [-0.1, -0.05) is 30.3 Å². The van der Waals surface area contributed by atoms with Gasteiger partial charge in [-0.3, -0.25) is 4.79 Å². The monoisotopic (exact) mass is 442 g/mol. The Morgan fingerprint density at radius 3 is 2.58 bits per heavy atom. The summed E-state index contributed by atoms with van der Waals surface area (Å²) in [5, 5.41) is 3.96. The largest absolute Gasteiger partial charge is 0.422 e. The van der Waals surface area contributed by atoms with Crippen LogP contribution in [-0.2, 0) is 4.74 Å². The second-order valence-corrected chi connectivity index (χ2v) is 7.76. The molecule has 3 heterocycles. The van der Waals surface area contributed by atoms with Gasteiger partial charge in [-0.05, 0) is 19.1 Å². The van der Waals surface area contributed by atoms with Gasteiger partial charge in [-0.15, -0.1) is 0 Å². The van der Waals surface area contributed by atoms with Crippen LogP contribution in [0.15, 0.2) is 70.1 Å². The lowest BCUT2D eigenvalue weighted by molar-refractivity contribution is 0.101. The predicted molar refractivity (Wildman–Crippen MR) is 126 cm³/mol. The Bertz CT molecular complexity index is 1380. The maximum atomic E-state index is 12.7. The smallest absolute Gasteiger partial charge is 0.349 e. The fraction of sp³-hybridized carbons (Fsp3) is 0.200. The summed E-state index contributed by atoms with van der Waals surface area (Å²) in [4.78, 5) is 35.7. The molecule has 0 radical (unpaired) electrons. The van der Waals surface area contributed by atoms with Crippen LogP contribution in [0.5, 0.6) is 0 Å². The number of carbonyl (C=O) groups is 1. The second kappa shape index (κ2) is 8.84. The zero-order valence-electron chi connectivity index (χ0n) is 18.1. The van der Waals surface area contributed by atoms with Crippen molar-refractivity contribution < 1.29 is 13.9 Å². The summed E-state index contributed by atoms with van der Waals surface area (Å²) in [5.74, 6) is 0.295. The molecule has 33 heavy (non-hydrogen) atoms. The minimum Gasteiger partial charge on any atom is -0.422 e. The number of hydrogen-bond acceptors (Lipinski definition) is 8. The molecule has 1 N–H and O–H groups in total. The molecule has 1 aliphatic rings. The van der Waals surface area contributed by atoms with E-state index in [1.54, 1.807) is 6.07 Å². The molecule has 4 aromatic rings. The van der Waals surface area contributed by atoms with Crippen LogP contribution in [0.1, 0.15) is 17.3 Å². The van der Waals surface area contributed by atoms with Crippen molar-refractivity contribution >= 4 is 33.9 Å². The van der Waals surface area contributed by atoms with Crippen LogP contribution in [0.25, 0.3) is 22.2 Å². The first-order valence-corrected chi connectivity index (χ1v) is 10.7. The summed E-state index contributed by atoms with van der Waals surface area (Å²) in [5.41, 5.74) is 2.92. The highest BCUT2D eigenvalue weighted by Gasteiger charge is 2.24. The number of nitrogens with zero attached hydrogens (tertiary/aromatic N) is 3. The van der Waals surface area contributed by atoms with Crippen LogP contribution in [-0.4, -0.2) is 42.1 Å². The molecule has 0 amide bonds. The van der Waals surface area contributed by atoms with E-state index in [1.807, 2.05) is 53.4 Å². The van der Waals surface area contributed by atoms with Crippen molar-refractivity contribution in [3.05, 3.63) is 76.9 Å². The van der Waals surface area contributed by atoms with E-state index < -0.39 is 5.63 Å². The number of aromatic nitrogens is 2. The standard InChI is InChI=1S/C25H22N4O4/c1-16(30)23-24(29-9-11-32-12-10-29)19-8-7-18(13-21(19)33-25(23)31)28-22-14-20(26-15-27-22)17-5-3-2-4-6-17/h2-8,13-15H,9-12H2,1H3,(H,26,27,28). The average molecular weight is 442 g/mol. The number of benzene rings is 2. The Kier molecular flexibility index (Phi) is 5.58. The third kappa shape index (κ3) is 4.20. The first kappa shape index (κ1) is 20.8. The van der Waals surface area contributed by atoms with E-state index in [9.17, 15) is 9.59 Å². The van der Waals surface area contributed by atoms with Crippen LogP contribution in [0, 0.1) is 0 Å². The van der Waals surface area contributed by atoms with Crippen LogP contribution in [0.3, 0.4) is 0 Å². The lowest BCUT2D eigenvalue weighted by atomic mass is 10.1. The van der Waals surface area contributed by atoms with Crippen molar-refractivity contribution in [1.82, 2.24) is 9.97 Å². The van der Waals surface area contributed by atoms with E-state index in [0.29, 0.717) is 54.5 Å². The van der Waals surface area contributed by atoms with Gasteiger partial charge < -0.3 is 19.4 Å². The fourth-order valence-corrected chi connectivity index (χ4v) is 4.03. The number of nitrogens with one attached hydrogen (secondary N) is 1. The summed E-state index contributed by atoms with van der Waals surface area (Å²) >= 11 is 0. The Morgan fingerprint density at radius 2 is 1.82 bits per heavy atom. The van der Waals surface area contributed by atoms with Crippen LogP contribution in [0.2, 0.25) is 0 Å². The highest BCUT2D eigenvalue weighted by atomic mass is 16.5. The molecule has 5 rings (SSSR count). The molecule has 2 aromatic carbocycles. The van der Waals surface area contributed by atoms with E-state index in [4.69, 9.17) is 9.15 Å². The molecule has 0 bridgehead atoms. The molecule has 0 unspecified atom stereocenters. The van der Waals surface area contributed by atoms with Gasteiger partial charge in [0, 0.05) is 41.9 Å². The number of fused-ring (bicyclic) bond motifs is 1. The highest BCUT2D eigenvalue weighted by Crippen LogP contribution is 2.32. The van der Waals surface area contributed by atoms with Gasteiger partial charge in [-0.2, -0.15) is 0 Å². The van der Waals surface area contributed by atoms with Gasteiger partial charge in [0.05, 0.1) is 24.6 Å². The van der Waals surface area contributed by atoms with Crippen LogP contribution >= 0.6 is 0 Å². The number of rotatable bonds is 5. The highest BCUT2D eigenvalue weighted by molar-refractivity contribution is 6.07. The van der Waals surface area contributed by atoms with Crippen molar-refractivity contribution in [3.63, 3.8) is 0 Å². The van der Waals surface area contributed by atoms with Crippen molar-refractivity contribution in [2.45, 2.75) is 6.92 Å². The third-order valence-corrected chi connectivity index (χ3v) is 5.57. The summed E-state index contributed by atoms with van der Waals surface area (Å²) in [7, 11) is 0. The van der Waals surface area contributed by atoms with Crippen molar-refractivity contribution in [2.24, 2.45) is 0 Å². The molecule has 0 spiro atoms. The number of anilines is 3. The van der Waals surface area contributed by atoms with Crippen LogP contribution in [0.4, 0.5) is 17.2 Å². The minimum atomic E-state index is -0.637.